The number of halogens is 1. The van der Waals surface area contributed by atoms with Crippen molar-refractivity contribution in [3.05, 3.63) is 47.5 Å². The molecule has 1 N–H and O–H groups in total. The van der Waals surface area contributed by atoms with Crippen LogP contribution < -0.4 is 5.32 Å². The van der Waals surface area contributed by atoms with Gasteiger partial charge in [-0.1, -0.05) is 55.4 Å². The van der Waals surface area contributed by atoms with Crippen LogP contribution in [0, 0.1) is 0 Å². The molecule has 0 aliphatic heterocycles. The van der Waals surface area contributed by atoms with Gasteiger partial charge in [0.15, 0.2) is 0 Å². The van der Waals surface area contributed by atoms with Crippen molar-refractivity contribution < 1.29 is 0 Å². The van der Waals surface area contributed by atoms with Gasteiger partial charge in [-0.3, -0.25) is 0 Å². The summed E-state index contributed by atoms with van der Waals surface area (Å²) >= 11 is 5.65. The number of hydrogen-bond donors (Lipinski definition) is 1. The van der Waals surface area contributed by atoms with E-state index in [1.165, 1.54) is 5.56 Å². The van der Waals surface area contributed by atoms with Gasteiger partial charge in [0.05, 0.1) is 0 Å². The third-order valence-electron chi connectivity index (χ3n) is 2.14. The minimum Gasteiger partial charge on any atom is -0.311 e. The second-order valence-corrected chi connectivity index (χ2v) is 3.99. The van der Waals surface area contributed by atoms with Gasteiger partial charge in [0.25, 0.3) is 0 Å². The fraction of sp³-hybridized carbons (Fsp3) is 0.333. The fourth-order valence-corrected chi connectivity index (χ4v) is 1.42. The lowest BCUT2D eigenvalue weighted by Gasteiger charge is -2.12. The molecule has 0 saturated carbocycles. The Bertz CT molecular complexity index is 282. The molecule has 1 aromatic carbocycles. The van der Waals surface area contributed by atoms with Crippen LogP contribution in [0.4, 0.5) is 0 Å². The summed E-state index contributed by atoms with van der Waals surface area (Å²) in [5.41, 5.74) is 1.35. The standard InChI is InChI=1S/C12H16ClN/c1-10(8-14-9-11(2)13)12-6-4-3-5-7-12/h3-7,10,14H,2,8-9H2,1H3. The third-order valence-corrected chi connectivity index (χ3v) is 2.27. The molecule has 0 amide bonds. The minimum atomic E-state index is 0.507. The van der Waals surface area contributed by atoms with E-state index >= 15 is 0 Å². The molecule has 0 fully saturated rings. The van der Waals surface area contributed by atoms with Crippen LogP contribution in [0.5, 0.6) is 0 Å². The molecule has 1 rings (SSSR count). The Morgan fingerprint density at radius 1 is 1.43 bits per heavy atom. The lowest BCUT2D eigenvalue weighted by atomic mass is 10.0. The predicted octanol–water partition coefficient (Wildman–Crippen LogP) is 3.13. The predicted molar refractivity (Wildman–Crippen MR) is 62.7 cm³/mol. The first kappa shape index (κ1) is 11.3. The van der Waals surface area contributed by atoms with Gasteiger partial charge in [-0.15, -0.1) is 0 Å². The van der Waals surface area contributed by atoms with Gasteiger partial charge in [-0.25, -0.2) is 0 Å². The van der Waals surface area contributed by atoms with Crippen molar-refractivity contribution in [2.24, 2.45) is 0 Å². The largest absolute Gasteiger partial charge is 0.311 e. The summed E-state index contributed by atoms with van der Waals surface area (Å²) in [6.07, 6.45) is 0. The summed E-state index contributed by atoms with van der Waals surface area (Å²) in [5.74, 6) is 0.507. The molecule has 0 spiro atoms. The summed E-state index contributed by atoms with van der Waals surface area (Å²) in [6, 6.07) is 10.4. The lowest BCUT2D eigenvalue weighted by molar-refractivity contribution is 0.649. The molecule has 14 heavy (non-hydrogen) atoms. The third kappa shape index (κ3) is 3.95. The molecule has 1 unspecified atom stereocenters. The molecule has 1 atom stereocenters. The smallest absolute Gasteiger partial charge is 0.0307 e. The van der Waals surface area contributed by atoms with Crippen molar-refractivity contribution in [3.63, 3.8) is 0 Å². The molecule has 1 aromatic rings. The maximum absolute atomic E-state index is 5.65. The minimum absolute atomic E-state index is 0.507. The van der Waals surface area contributed by atoms with Crippen LogP contribution in [0.15, 0.2) is 41.9 Å². The summed E-state index contributed by atoms with van der Waals surface area (Å²) < 4.78 is 0. The van der Waals surface area contributed by atoms with Crippen LogP contribution in [0.3, 0.4) is 0 Å². The van der Waals surface area contributed by atoms with Crippen molar-refractivity contribution >= 4 is 11.6 Å². The van der Waals surface area contributed by atoms with E-state index in [4.69, 9.17) is 11.6 Å². The van der Waals surface area contributed by atoms with Gasteiger partial charge in [-0.05, 0) is 11.5 Å². The zero-order valence-corrected chi connectivity index (χ0v) is 9.22. The van der Waals surface area contributed by atoms with E-state index in [1.807, 2.05) is 6.07 Å². The number of nitrogens with one attached hydrogen (secondary N) is 1. The average Bonchev–Trinajstić information content (AvgIpc) is 2.18. The Labute approximate surface area is 90.8 Å². The maximum Gasteiger partial charge on any atom is 0.0307 e. The quantitative estimate of drug-likeness (QED) is 0.786. The van der Waals surface area contributed by atoms with Crippen LogP contribution >= 0.6 is 11.6 Å². The zero-order chi connectivity index (χ0) is 10.4. The molecule has 1 nitrogen and oxygen atoms in total. The second kappa shape index (κ2) is 5.84. The van der Waals surface area contributed by atoms with Crippen molar-refractivity contribution in [2.45, 2.75) is 12.8 Å². The van der Waals surface area contributed by atoms with Gasteiger partial charge in [0.1, 0.15) is 0 Å². The van der Waals surface area contributed by atoms with Crippen LogP contribution in [0.2, 0.25) is 0 Å². The highest BCUT2D eigenvalue weighted by molar-refractivity contribution is 6.29. The Morgan fingerprint density at radius 3 is 2.64 bits per heavy atom. The van der Waals surface area contributed by atoms with Crippen LogP contribution in [-0.4, -0.2) is 13.1 Å². The summed E-state index contributed by atoms with van der Waals surface area (Å²) in [5, 5.41) is 3.91. The molecule has 0 saturated heterocycles. The van der Waals surface area contributed by atoms with E-state index in [-0.39, 0.29) is 0 Å². The van der Waals surface area contributed by atoms with Crippen molar-refractivity contribution in [2.75, 3.05) is 13.1 Å². The van der Waals surface area contributed by atoms with Crippen molar-refractivity contribution in [1.29, 1.82) is 0 Å². The van der Waals surface area contributed by atoms with E-state index < -0.39 is 0 Å². The number of benzene rings is 1. The first-order chi connectivity index (χ1) is 6.70. The monoisotopic (exact) mass is 209 g/mol. The molecule has 0 heterocycles. The number of rotatable bonds is 5. The highest BCUT2D eigenvalue weighted by atomic mass is 35.5. The molecule has 0 aromatic heterocycles. The number of hydrogen-bond acceptors (Lipinski definition) is 1. The first-order valence-corrected chi connectivity index (χ1v) is 5.17. The Hall–Kier alpha value is -0.790. The van der Waals surface area contributed by atoms with E-state index in [1.54, 1.807) is 0 Å². The van der Waals surface area contributed by atoms with Gasteiger partial charge in [-0.2, -0.15) is 0 Å². The maximum atomic E-state index is 5.65. The summed E-state index contributed by atoms with van der Waals surface area (Å²) in [6.45, 7) is 7.43. The molecule has 0 aliphatic rings. The first-order valence-electron chi connectivity index (χ1n) is 4.79. The van der Waals surface area contributed by atoms with Crippen LogP contribution in [0.1, 0.15) is 18.4 Å². The highest BCUT2D eigenvalue weighted by Gasteiger charge is 2.03. The lowest BCUT2D eigenvalue weighted by Crippen LogP contribution is -2.21. The Balaban J connectivity index is 2.36. The fourth-order valence-electron chi connectivity index (χ4n) is 1.32. The Morgan fingerprint density at radius 2 is 2.07 bits per heavy atom. The zero-order valence-electron chi connectivity index (χ0n) is 8.46. The molecule has 76 valence electrons. The van der Waals surface area contributed by atoms with Gasteiger partial charge >= 0.3 is 0 Å². The molecular formula is C12H16ClN. The van der Waals surface area contributed by atoms with Crippen molar-refractivity contribution in [1.82, 2.24) is 5.32 Å². The SMILES string of the molecule is C=C(Cl)CNCC(C)c1ccccc1. The van der Waals surface area contributed by atoms with E-state index in [0.717, 1.165) is 6.54 Å². The molecular weight excluding hydrogens is 194 g/mol. The van der Waals surface area contributed by atoms with Crippen LogP contribution in [0.25, 0.3) is 0 Å². The second-order valence-electron chi connectivity index (χ2n) is 3.46. The van der Waals surface area contributed by atoms with E-state index in [2.05, 4.69) is 43.1 Å². The van der Waals surface area contributed by atoms with Gasteiger partial charge in [0, 0.05) is 18.1 Å². The molecule has 0 radical (unpaired) electrons. The summed E-state index contributed by atoms with van der Waals surface area (Å²) in [7, 11) is 0. The molecule has 0 bridgehead atoms. The molecule has 2 heteroatoms. The van der Waals surface area contributed by atoms with Gasteiger partial charge in [0.2, 0.25) is 0 Å². The highest BCUT2D eigenvalue weighted by Crippen LogP contribution is 2.12. The van der Waals surface area contributed by atoms with Gasteiger partial charge < -0.3 is 5.32 Å². The van der Waals surface area contributed by atoms with E-state index in [0.29, 0.717) is 17.5 Å². The summed E-state index contributed by atoms with van der Waals surface area (Å²) in [4.78, 5) is 0. The molecule has 0 aliphatic carbocycles. The van der Waals surface area contributed by atoms with Crippen molar-refractivity contribution in [3.8, 4) is 0 Å². The van der Waals surface area contributed by atoms with E-state index in [9.17, 15) is 0 Å². The normalized spacial score (nSPS) is 12.4. The van der Waals surface area contributed by atoms with Crippen LogP contribution in [-0.2, 0) is 0 Å². The topological polar surface area (TPSA) is 12.0 Å². The Kier molecular flexibility index (Phi) is 4.71. The average molecular weight is 210 g/mol.